The smallest absolute Gasteiger partial charge is 0.358 e. The molecule has 0 aliphatic heterocycles. The summed E-state index contributed by atoms with van der Waals surface area (Å²) in [6, 6.07) is 0. The van der Waals surface area contributed by atoms with Crippen molar-refractivity contribution >= 4 is 5.97 Å². The van der Waals surface area contributed by atoms with E-state index in [0.29, 0.717) is 18.8 Å². The average Bonchev–Trinajstić information content (AvgIpc) is 2.34. The van der Waals surface area contributed by atoms with Crippen LogP contribution in [-0.2, 0) is 6.54 Å². The van der Waals surface area contributed by atoms with Gasteiger partial charge in [0, 0.05) is 6.54 Å². The van der Waals surface area contributed by atoms with Crippen molar-refractivity contribution in [1.29, 1.82) is 0 Å². The Morgan fingerprint density at radius 2 is 2.42 bits per heavy atom. The van der Waals surface area contributed by atoms with E-state index in [1.54, 1.807) is 6.92 Å². The Kier molecular flexibility index (Phi) is 2.39. The van der Waals surface area contributed by atoms with Crippen LogP contribution in [0.1, 0.15) is 16.2 Å². The molecule has 0 aliphatic carbocycles. The van der Waals surface area contributed by atoms with Crippen LogP contribution in [0, 0.1) is 6.92 Å². The van der Waals surface area contributed by atoms with Crippen LogP contribution < -0.4 is 5.73 Å². The summed E-state index contributed by atoms with van der Waals surface area (Å²) in [5.41, 5.74) is 5.80. The van der Waals surface area contributed by atoms with E-state index in [4.69, 9.17) is 10.8 Å². The van der Waals surface area contributed by atoms with Crippen molar-refractivity contribution in [3.63, 3.8) is 0 Å². The summed E-state index contributed by atoms with van der Waals surface area (Å²) in [6.45, 7) is 2.56. The highest BCUT2D eigenvalue weighted by Crippen LogP contribution is 2.02. The molecule has 0 amide bonds. The van der Waals surface area contributed by atoms with Gasteiger partial charge in [0.1, 0.15) is 0 Å². The third-order valence-electron chi connectivity index (χ3n) is 1.53. The zero-order valence-electron chi connectivity index (χ0n) is 6.69. The van der Waals surface area contributed by atoms with Crippen molar-refractivity contribution in [2.24, 2.45) is 5.73 Å². The van der Waals surface area contributed by atoms with Crippen molar-refractivity contribution in [1.82, 2.24) is 15.0 Å². The van der Waals surface area contributed by atoms with Gasteiger partial charge in [0.15, 0.2) is 5.69 Å². The lowest BCUT2D eigenvalue weighted by atomic mass is 10.3. The second-order valence-electron chi connectivity index (χ2n) is 2.34. The molecule has 0 radical (unpaired) electrons. The van der Waals surface area contributed by atoms with Crippen molar-refractivity contribution in [3.8, 4) is 0 Å². The molecule has 0 spiro atoms. The maximum Gasteiger partial charge on any atom is 0.358 e. The van der Waals surface area contributed by atoms with E-state index < -0.39 is 5.97 Å². The van der Waals surface area contributed by atoms with Crippen LogP contribution in [0.25, 0.3) is 0 Å². The molecular formula is C6H10N4O2. The normalized spacial score (nSPS) is 10.2. The SMILES string of the molecule is Cc1c(C(=O)O)nnn1CCN. The lowest BCUT2D eigenvalue weighted by Crippen LogP contribution is -2.12. The number of rotatable bonds is 3. The monoisotopic (exact) mass is 170 g/mol. The molecule has 0 aliphatic rings. The topological polar surface area (TPSA) is 94.0 Å². The van der Waals surface area contributed by atoms with E-state index >= 15 is 0 Å². The average molecular weight is 170 g/mol. The highest BCUT2D eigenvalue weighted by atomic mass is 16.4. The first kappa shape index (κ1) is 8.66. The quantitative estimate of drug-likeness (QED) is 0.622. The predicted molar refractivity (Wildman–Crippen MR) is 40.8 cm³/mol. The molecule has 0 unspecified atom stereocenters. The number of hydrogen-bond acceptors (Lipinski definition) is 4. The van der Waals surface area contributed by atoms with Gasteiger partial charge in [-0.05, 0) is 6.92 Å². The van der Waals surface area contributed by atoms with Gasteiger partial charge in [-0.25, -0.2) is 9.48 Å². The van der Waals surface area contributed by atoms with Crippen molar-refractivity contribution in [3.05, 3.63) is 11.4 Å². The Balaban J connectivity index is 2.96. The summed E-state index contributed by atoms with van der Waals surface area (Å²) in [5, 5.41) is 15.7. The molecule has 0 aromatic carbocycles. The summed E-state index contributed by atoms with van der Waals surface area (Å²) in [7, 11) is 0. The standard InChI is InChI=1S/C6H10N4O2/c1-4-5(6(11)12)8-9-10(4)3-2-7/h2-3,7H2,1H3,(H,11,12). The second kappa shape index (κ2) is 3.31. The second-order valence-corrected chi connectivity index (χ2v) is 2.34. The molecule has 0 saturated carbocycles. The van der Waals surface area contributed by atoms with E-state index in [0.717, 1.165) is 0 Å². The summed E-state index contributed by atoms with van der Waals surface area (Å²) in [5.74, 6) is -1.06. The minimum absolute atomic E-state index is 0.0107. The first-order valence-electron chi connectivity index (χ1n) is 3.50. The number of carboxylic acids is 1. The molecule has 1 rings (SSSR count). The fraction of sp³-hybridized carbons (Fsp3) is 0.500. The minimum atomic E-state index is -1.06. The number of nitrogens with zero attached hydrogens (tertiary/aromatic N) is 3. The first-order chi connectivity index (χ1) is 5.66. The minimum Gasteiger partial charge on any atom is -0.476 e. The molecular weight excluding hydrogens is 160 g/mol. The van der Waals surface area contributed by atoms with Crippen LogP contribution in [0.5, 0.6) is 0 Å². The van der Waals surface area contributed by atoms with Crippen LogP contribution in [-0.4, -0.2) is 32.6 Å². The molecule has 3 N–H and O–H groups in total. The highest BCUT2D eigenvalue weighted by molar-refractivity contribution is 5.86. The lowest BCUT2D eigenvalue weighted by molar-refractivity contribution is 0.0689. The van der Waals surface area contributed by atoms with Crippen molar-refractivity contribution in [2.45, 2.75) is 13.5 Å². The molecule has 1 aromatic heterocycles. The Hall–Kier alpha value is -1.43. The van der Waals surface area contributed by atoms with Gasteiger partial charge in [-0.1, -0.05) is 5.21 Å². The van der Waals surface area contributed by atoms with E-state index in [2.05, 4.69) is 10.3 Å². The zero-order chi connectivity index (χ0) is 9.14. The third kappa shape index (κ3) is 1.42. The van der Waals surface area contributed by atoms with Gasteiger partial charge in [-0.15, -0.1) is 5.10 Å². The van der Waals surface area contributed by atoms with Gasteiger partial charge in [0.2, 0.25) is 0 Å². The number of hydrogen-bond donors (Lipinski definition) is 2. The Morgan fingerprint density at radius 3 is 2.83 bits per heavy atom. The summed E-state index contributed by atoms with van der Waals surface area (Å²) < 4.78 is 1.48. The number of carboxylic acid groups (broad SMARTS) is 1. The van der Waals surface area contributed by atoms with Gasteiger partial charge in [0.05, 0.1) is 12.2 Å². The zero-order valence-corrected chi connectivity index (χ0v) is 6.69. The first-order valence-corrected chi connectivity index (χ1v) is 3.50. The lowest BCUT2D eigenvalue weighted by Gasteiger charge is -1.98. The third-order valence-corrected chi connectivity index (χ3v) is 1.53. The predicted octanol–water partition coefficient (Wildman–Crippen LogP) is -0.757. The van der Waals surface area contributed by atoms with E-state index in [-0.39, 0.29) is 5.69 Å². The van der Waals surface area contributed by atoms with Crippen LogP contribution in [0.2, 0.25) is 0 Å². The van der Waals surface area contributed by atoms with Crippen LogP contribution in [0.4, 0.5) is 0 Å². The maximum atomic E-state index is 10.5. The van der Waals surface area contributed by atoms with Gasteiger partial charge in [-0.3, -0.25) is 0 Å². The molecule has 0 atom stereocenters. The van der Waals surface area contributed by atoms with E-state index in [1.165, 1.54) is 4.68 Å². The highest BCUT2D eigenvalue weighted by Gasteiger charge is 2.13. The van der Waals surface area contributed by atoms with Crippen LogP contribution >= 0.6 is 0 Å². The molecule has 1 heterocycles. The largest absolute Gasteiger partial charge is 0.476 e. The number of aromatic nitrogens is 3. The number of carbonyl (C=O) groups is 1. The van der Waals surface area contributed by atoms with Crippen molar-refractivity contribution in [2.75, 3.05) is 6.54 Å². The van der Waals surface area contributed by atoms with E-state index in [1.807, 2.05) is 0 Å². The van der Waals surface area contributed by atoms with Crippen LogP contribution in [0.3, 0.4) is 0 Å². The molecule has 66 valence electrons. The molecule has 1 aromatic rings. The molecule has 0 saturated heterocycles. The Morgan fingerprint density at radius 1 is 1.75 bits per heavy atom. The summed E-state index contributed by atoms with van der Waals surface area (Å²) in [6.07, 6.45) is 0. The molecule has 6 nitrogen and oxygen atoms in total. The fourth-order valence-electron chi connectivity index (χ4n) is 0.893. The molecule has 0 fully saturated rings. The van der Waals surface area contributed by atoms with E-state index in [9.17, 15) is 4.79 Å². The Bertz CT molecular complexity index is 294. The van der Waals surface area contributed by atoms with Gasteiger partial charge in [-0.2, -0.15) is 0 Å². The van der Waals surface area contributed by atoms with Crippen molar-refractivity contribution < 1.29 is 9.90 Å². The van der Waals surface area contributed by atoms with Gasteiger partial charge >= 0.3 is 5.97 Å². The summed E-state index contributed by atoms with van der Waals surface area (Å²) in [4.78, 5) is 10.5. The fourth-order valence-corrected chi connectivity index (χ4v) is 0.893. The Labute approximate surface area is 69.0 Å². The molecule has 6 heteroatoms. The summed E-state index contributed by atoms with van der Waals surface area (Å²) >= 11 is 0. The van der Waals surface area contributed by atoms with Gasteiger partial charge < -0.3 is 10.8 Å². The number of nitrogens with two attached hydrogens (primary N) is 1. The molecule has 12 heavy (non-hydrogen) atoms. The number of aromatic carboxylic acids is 1. The maximum absolute atomic E-state index is 10.5. The molecule has 0 bridgehead atoms. The van der Waals surface area contributed by atoms with Crippen LogP contribution in [0.15, 0.2) is 0 Å². The van der Waals surface area contributed by atoms with Gasteiger partial charge in [0.25, 0.3) is 0 Å².